The van der Waals surface area contributed by atoms with Crippen molar-refractivity contribution < 1.29 is 14.6 Å². The standard InChI is InChI=1S/C19H30N2O3/c1-4-24-10-9-21-11-17(14(2)3)18(12-21)20-19(23)16-7-5-15(13-22)6-8-16/h5-8,14,17-18,22H,4,9-13H2,1-3H3,(H,20,23)/t17-,18+/m1/s1. The minimum absolute atomic E-state index is 0.00522. The van der Waals surface area contributed by atoms with E-state index in [1.807, 2.05) is 6.92 Å². The molecule has 1 heterocycles. The molecule has 2 N–H and O–H groups in total. The van der Waals surface area contributed by atoms with Crippen LogP contribution in [0.4, 0.5) is 0 Å². The normalized spacial score (nSPS) is 21.4. The van der Waals surface area contributed by atoms with Crippen molar-refractivity contribution in [1.82, 2.24) is 10.2 Å². The fourth-order valence-corrected chi connectivity index (χ4v) is 3.28. The number of nitrogens with zero attached hydrogens (tertiary/aromatic N) is 1. The van der Waals surface area contributed by atoms with E-state index < -0.39 is 0 Å². The monoisotopic (exact) mass is 334 g/mol. The number of amides is 1. The van der Waals surface area contributed by atoms with Gasteiger partial charge in [0.15, 0.2) is 0 Å². The number of rotatable bonds is 8. The van der Waals surface area contributed by atoms with Gasteiger partial charge in [-0.2, -0.15) is 0 Å². The maximum Gasteiger partial charge on any atom is 0.251 e. The van der Waals surface area contributed by atoms with Crippen molar-refractivity contribution in [2.75, 3.05) is 32.8 Å². The summed E-state index contributed by atoms with van der Waals surface area (Å²) in [5.41, 5.74) is 1.46. The van der Waals surface area contributed by atoms with E-state index >= 15 is 0 Å². The van der Waals surface area contributed by atoms with E-state index in [9.17, 15) is 4.79 Å². The van der Waals surface area contributed by atoms with Gasteiger partial charge in [-0.05, 0) is 36.5 Å². The summed E-state index contributed by atoms with van der Waals surface area (Å²) in [5, 5.41) is 12.3. The first-order valence-corrected chi connectivity index (χ1v) is 8.85. The van der Waals surface area contributed by atoms with Gasteiger partial charge in [-0.25, -0.2) is 0 Å². The Morgan fingerprint density at radius 2 is 2.04 bits per heavy atom. The molecule has 0 bridgehead atoms. The van der Waals surface area contributed by atoms with Crippen LogP contribution in [0.2, 0.25) is 0 Å². The SMILES string of the molecule is CCOCCN1C[C@H](NC(=O)c2ccc(CO)cc2)[C@@H](C(C)C)C1. The molecule has 1 aliphatic rings. The zero-order valence-electron chi connectivity index (χ0n) is 15.0. The van der Waals surface area contributed by atoms with E-state index in [0.29, 0.717) is 17.4 Å². The Hall–Kier alpha value is -1.43. The number of likely N-dealkylation sites (tertiary alicyclic amines) is 1. The third kappa shape index (κ3) is 5.03. The lowest BCUT2D eigenvalue weighted by atomic mass is 9.91. The maximum absolute atomic E-state index is 12.5. The molecule has 5 nitrogen and oxygen atoms in total. The second-order valence-corrected chi connectivity index (χ2v) is 6.80. The molecule has 1 aromatic rings. The van der Waals surface area contributed by atoms with Crippen LogP contribution in [0.25, 0.3) is 0 Å². The zero-order chi connectivity index (χ0) is 17.5. The van der Waals surface area contributed by atoms with Crippen molar-refractivity contribution in [2.45, 2.75) is 33.4 Å². The van der Waals surface area contributed by atoms with E-state index in [2.05, 4.69) is 24.1 Å². The van der Waals surface area contributed by atoms with Gasteiger partial charge in [0.2, 0.25) is 0 Å². The van der Waals surface area contributed by atoms with Gasteiger partial charge in [0.05, 0.1) is 13.2 Å². The molecule has 1 aromatic carbocycles. The van der Waals surface area contributed by atoms with Gasteiger partial charge in [-0.15, -0.1) is 0 Å². The number of benzene rings is 1. The summed E-state index contributed by atoms with van der Waals surface area (Å²) in [6.07, 6.45) is 0. The second-order valence-electron chi connectivity index (χ2n) is 6.80. The molecule has 0 unspecified atom stereocenters. The van der Waals surface area contributed by atoms with E-state index in [4.69, 9.17) is 9.84 Å². The number of aliphatic hydroxyl groups excluding tert-OH is 1. The summed E-state index contributed by atoms with van der Waals surface area (Å²) >= 11 is 0. The van der Waals surface area contributed by atoms with Crippen molar-refractivity contribution >= 4 is 5.91 Å². The number of carbonyl (C=O) groups excluding carboxylic acids is 1. The van der Waals surface area contributed by atoms with Crippen LogP contribution in [0.3, 0.4) is 0 Å². The topological polar surface area (TPSA) is 61.8 Å². The molecule has 134 valence electrons. The Morgan fingerprint density at radius 3 is 2.62 bits per heavy atom. The van der Waals surface area contributed by atoms with Crippen molar-refractivity contribution in [2.24, 2.45) is 11.8 Å². The first kappa shape index (κ1) is 18.9. The minimum Gasteiger partial charge on any atom is -0.392 e. The fourth-order valence-electron chi connectivity index (χ4n) is 3.28. The number of hydrogen-bond donors (Lipinski definition) is 2. The number of nitrogens with one attached hydrogen (secondary N) is 1. The van der Waals surface area contributed by atoms with Crippen LogP contribution in [0.5, 0.6) is 0 Å². The molecule has 0 aliphatic carbocycles. The molecule has 2 atom stereocenters. The Bertz CT molecular complexity index is 516. The van der Waals surface area contributed by atoms with E-state index in [1.54, 1.807) is 24.3 Å². The van der Waals surface area contributed by atoms with Crippen molar-refractivity contribution in [1.29, 1.82) is 0 Å². The predicted octanol–water partition coefficient (Wildman–Crippen LogP) is 1.90. The summed E-state index contributed by atoms with van der Waals surface area (Å²) in [4.78, 5) is 14.9. The average molecular weight is 334 g/mol. The predicted molar refractivity (Wildman–Crippen MR) is 94.9 cm³/mol. The van der Waals surface area contributed by atoms with Crippen LogP contribution < -0.4 is 5.32 Å². The summed E-state index contributed by atoms with van der Waals surface area (Å²) < 4.78 is 5.45. The molecule has 1 amide bonds. The number of hydrogen-bond acceptors (Lipinski definition) is 4. The molecular weight excluding hydrogens is 304 g/mol. The Kier molecular flexibility index (Phi) is 7.21. The molecule has 0 saturated carbocycles. The molecule has 0 aromatic heterocycles. The van der Waals surface area contributed by atoms with Crippen molar-refractivity contribution in [3.05, 3.63) is 35.4 Å². The number of ether oxygens (including phenoxy) is 1. The molecule has 2 rings (SSSR count). The molecular formula is C19H30N2O3. The summed E-state index contributed by atoms with van der Waals surface area (Å²) in [6.45, 7) is 10.7. The third-order valence-electron chi connectivity index (χ3n) is 4.77. The molecule has 1 aliphatic heterocycles. The van der Waals surface area contributed by atoms with Crippen LogP contribution in [0.15, 0.2) is 24.3 Å². The smallest absolute Gasteiger partial charge is 0.251 e. The summed E-state index contributed by atoms with van der Waals surface area (Å²) in [5.74, 6) is 0.929. The highest BCUT2D eigenvalue weighted by atomic mass is 16.5. The molecule has 0 radical (unpaired) electrons. The van der Waals surface area contributed by atoms with Crippen molar-refractivity contribution in [3.63, 3.8) is 0 Å². The van der Waals surface area contributed by atoms with E-state index in [0.717, 1.165) is 38.4 Å². The van der Waals surface area contributed by atoms with Crippen LogP contribution in [0, 0.1) is 11.8 Å². The molecule has 1 fully saturated rings. The second kappa shape index (κ2) is 9.16. The lowest BCUT2D eigenvalue weighted by Crippen LogP contribution is -2.42. The lowest BCUT2D eigenvalue weighted by molar-refractivity contribution is 0.0924. The Labute approximate surface area is 145 Å². The number of carbonyl (C=O) groups is 1. The van der Waals surface area contributed by atoms with Gasteiger partial charge < -0.3 is 15.2 Å². The van der Waals surface area contributed by atoms with Gasteiger partial charge >= 0.3 is 0 Å². The minimum atomic E-state index is -0.0400. The first-order chi connectivity index (χ1) is 11.5. The van der Waals surface area contributed by atoms with Gasteiger partial charge in [-0.3, -0.25) is 9.69 Å². The van der Waals surface area contributed by atoms with Crippen LogP contribution in [0.1, 0.15) is 36.7 Å². The van der Waals surface area contributed by atoms with Gasteiger partial charge in [0.25, 0.3) is 5.91 Å². The highest BCUT2D eigenvalue weighted by Gasteiger charge is 2.35. The highest BCUT2D eigenvalue weighted by Crippen LogP contribution is 2.24. The van der Waals surface area contributed by atoms with Gasteiger partial charge in [0.1, 0.15) is 0 Å². The maximum atomic E-state index is 12.5. The molecule has 1 saturated heterocycles. The third-order valence-corrected chi connectivity index (χ3v) is 4.77. The highest BCUT2D eigenvalue weighted by molar-refractivity contribution is 5.94. The summed E-state index contributed by atoms with van der Waals surface area (Å²) in [7, 11) is 0. The molecule has 0 spiro atoms. The van der Waals surface area contributed by atoms with Gasteiger partial charge in [-0.1, -0.05) is 26.0 Å². The Morgan fingerprint density at radius 1 is 1.33 bits per heavy atom. The van der Waals surface area contributed by atoms with Crippen LogP contribution in [-0.4, -0.2) is 54.8 Å². The van der Waals surface area contributed by atoms with Gasteiger partial charge in [0, 0.05) is 37.8 Å². The number of aliphatic hydroxyl groups is 1. The van der Waals surface area contributed by atoms with E-state index in [1.165, 1.54) is 0 Å². The van der Waals surface area contributed by atoms with Crippen LogP contribution in [-0.2, 0) is 11.3 Å². The summed E-state index contributed by atoms with van der Waals surface area (Å²) in [6, 6.07) is 7.28. The van der Waals surface area contributed by atoms with E-state index in [-0.39, 0.29) is 18.6 Å². The quantitative estimate of drug-likeness (QED) is 0.713. The van der Waals surface area contributed by atoms with Crippen LogP contribution >= 0.6 is 0 Å². The zero-order valence-corrected chi connectivity index (χ0v) is 15.0. The lowest BCUT2D eigenvalue weighted by Gasteiger charge is -2.23. The average Bonchev–Trinajstić information content (AvgIpc) is 2.98. The molecule has 5 heteroatoms. The first-order valence-electron chi connectivity index (χ1n) is 8.85. The fraction of sp³-hybridized carbons (Fsp3) is 0.632. The Balaban J connectivity index is 1.95. The molecule has 24 heavy (non-hydrogen) atoms. The largest absolute Gasteiger partial charge is 0.392 e. The van der Waals surface area contributed by atoms with Crippen molar-refractivity contribution in [3.8, 4) is 0 Å².